The number of fused-ring (bicyclic) bond motifs is 1. The fourth-order valence-electron chi connectivity index (χ4n) is 2.71. The van der Waals surface area contributed by atoms with Crippen LogP contribution in [0.3, 0.4) is 0 Å². The first-order valence-corrected chi connectivity index (χ1v) is 8.75. The molecule has 0 saturated heterocycles. The van der Waals surface area contributed by atoms with Crippen molar-refractivity contribution < 1.29 is 15.0 Å². The van der Waals surface area contributed by atoms with Crippen LogP contribution in [-0.2, 0) is 12.0 Å². The summed E-state index contributed by atoms with van der Waals surface area (Å²) in [6.07, 6.45) is 4.36. The van der Waals surface area contributed by atoms with Crippen molar-refractivity contribution in [2.45, 2.75) is 18.9 Å². The Morgan fingerprint density at radius 2 is 2.08 bits per heavy atom. The minimum Gasteiger partial charge on any atom is -0.393 e. The van der Waals surface area contributed by atoms with Gasteiger partial charge in [0.1, 0.15) is 11.4 Å². The average Bonchev–Trinajstić information content (AvgIpc) is 3.04. The number of aromatic amines is 1. The summed E-state index contributed by atoms with van der Waals surface area (Å²) in [5.74, 6) is 0.665. The number of nitrogens with zero attached hydrogens (tertiary/aromatic N) is 1. The van der Waals surface area contributed by atoms with Crippen LogP contribution in [0.25, 0.3) is 10.9 Å². The van der Waals surface area contributed by atoms with Gasteiger partial charge in [-0.3, -0.25) is 4.79 Å². The molecule has 0 aliphatic rings. The van der Waals surface area contributed by atoms with Gasteiger partial charge in [0.2, 0.25) is 0 Å². The van der Waals surface area contributed by atoms with E-state index < -0.39 is 12.2 Å². The van der Waals surface area contributed by atoms with Crippen molar-refractivity contribution in [3.05, 3.63) is 59.4 Å². The summed E-state index contributed by atoms with van der Waals surface area (Å²) in [6.45, 7) is 1.11. The van der Waals surface area contributed by atoms with Crippen LogP contribution >= 0.6 is 11.6 Å². The quantitative estimate of drug-likeness (QED) is 0.499. The van der Waals surface area contributed by atoms with Gasteiger partial charge in [0.05, 0.1) is 12.1 Å². The van der Waals surface area contributed by atoms with Gasteiger partial charge in [-0.05, 0) is 36.6 Å². The second-order valence-corrected chi connectivity index (χ2v) is 6.71. The molecule has 0 spiro atoms. The van der Waals surface area contributed by atoms with E-state index in [0.29, 0.717) is 22.8 Å². The van der Waals surface area contributed by atoms with E-state index >= 15 is 0 Å². The maximum absolute atomic E-state index is 12.4. The lowest BCUT2D eigenvalue weighted by atomic mass is 9.96. The Labute approximate surface area is 155 Å². The second-order valence-electron chi connectivity index (χ2n) is 6.33. The molecule has 2 aromatic heterocycles. The number of amides is 1. The number of carbonyl (C=O) groups is 1. The van der Waals surface area contributed by atoms with Crippen molar-refractivity contribution >= 4 is 34.2 Å². The van der Waals surface area contributed by atoms with Crippen LogP contribution in [0.2, 0.25) is 0 Å². The van der Waals surface area contributed by atoms with E-state index in [-0.39, 0.29) is 5.91 Å². The highest BCUT2D eigenvalue weighted by Gasteiger charge is 2.22. The van der Waals surface area contributed by atoms with E-state index in [2.05, 4.69) is 15.3 Å². The number of hydrogen-bond donors (Lipinski definition) is 4. The van der Waals surface area contributed by atoms with Crippen LogP contribution in [0, 0.1) is 0 Å². The minimum absolute atomic E-state index is 0.306. The molecular formula is C19H20ClN3O3. The van der Waals surface area contributed by atoms with Gasteiger partial charge in [0, 0.05) is 35.3 Å². The zero-order valence-electron chi connectivity index (χ0n) is 14.3. The lowest BCUT2D eigenvalue weighted by Crippen LogP contribution is -2.25. The highest BCUT2D eigenvalue weighted by molar-refractivity contribution is 6.18. The normalized spacial score (nSPS) is 13.5. The minimum atomic E-state index is -1.34. The van der Waals surface area contributed by atoms with Gasteiger partial charge >= 0.3 is 0 Å². The predicted molar refractivity (Wildman–Crippen MR) is 102 cm³/mol. The number of aryl methyl sites for hydroxylation is 1. The lowest BCUT2D eigenvalue weighted by Gasteiger charge is -2.20. The molecule has 1 atom stereocenters. The number of hydrogen-bond acceptors (Lipinski definition) is 4. The molecule has 1 unspecified atom stereocenters. The molecule has 136 valence electrons. The Hall–Kier alpha value is -2.41. The first kappa shape index (κ1) is 18.4. The smallest absolute Gasteiger partial charge is 0.256 e. The topological polar surface area (TPSA) is 98.2 Å². The summed E-state index contributed by atoms with van der Waals surface area (Å²) in [6, 6.07) is 8.20. The molecule has 0 fully saturated rings. The van der Waals surface area contributed by atoms with Crippen LogP contribution in [0.5, 0.6) is 0 Å². The van der Waals surface area contributed by atoms with E-state index in [9.17, 15) is 15.0 Å². The third kappa shape index (κ3) is 3.72. The molecule has 0 aliphatic heterocycles. The number of carbonyl (C=O) groups excluding carboxylic acids is 1. The summed E-state index contributed by atoms with van der Waals surface area (Å²) >= 11 is 5.79. The number of aromatic nitrogens is 2. The molecular weight excluding hydrogens is 354 g/mol. The van der Waals surface area contributed by atoms with Crippen LogP contribution in [0.1, 0.15) is 28.4 Å². The van der Waals surface area contributed by atoms with Crippen molar-refractivity contribution in [3.8, 4) is 0 Å². The number of halogens is 1. The second kappa shape index (κ2) is 7.45. The van der Waals surface area contributed by atoms with Crippen LogP contribution in [-0.4, -0.2) is 38.6 Å². The molecule has 6 nitrogen and oxygen atoms in total. The predicted octanol–water partition coefficient (Wildman–Crippen LogP) is 2.80. The molecule has 0 saturated carbocycles. The Morgan fingerprint density at radius 3 is 2.73 bits per heavy atom. The first-order valence-electron chi connectivity index (χ1n) is 8.21. The number of benzene rings is 1. The van der Waals surface area contributed by atoms with E-state index in [1.54, 1.807) is 36.5 Å². The Kier molecular flexibility index (Phi) is 5.27. The number of anilines is 1. The summed E-state index contributed by atoms with van der Waals surface area (Å²) in [5, 5.41) is 23.0. The van der Waals surface area contributed by atoms with Gasteiger partial charge < -0.3 is 20.5 Å². The molecule has 4 N–H and O–H groups in total. The fraction of sp³-hybridized carbons (Fsp3) is 0.263. The van der Waals surface area contributed by atoms with Gasteiger partial charge in [-0.15, -0.1) is 11.6 Å². The number of aliphatic hydroxyl groups excluding tert-OH is 1. The monoisotopic (exact) mass is 373 g/mol. The Morgan fingerprint density at radius 1 is 1.35 bits per heavy atom. The van der Waals surface area contributed by atoms with Gasteiger partial charge in [-0.2, -0.15) is 0 Å². The molecule has 7 heteroatoms. The lowest BCUT2D eigenvalue weighted by molar-refractivity contribution is -0.00229. The average molecular weight is 374 g/mol. The number of nitrogens with one attached hydrogen (secondary N) is 2. The van der Waals surface area contributed by atoms with E-state index in [1.165, 1.54) is 6.92 Å². The van der Waals surface area contributed by atoms with Gasteiger partial charge in [-0.1, -0.05) is 12.1 Å². The molecule has 3 rings (SSSR count). The zero-order valence-corrected chi connectivity index (χ0v) is 15.0. The van der Waals surface area contributed by atoms with Crippen molar-refractivity contribution in [2.75, 3.05) is 17.8 Å². The highest BCUT2D eigenvalue weighted by atomic mass is 35.5. The SMILES string of the molecule is CC(O)(CO)c1ccc(C(=O)Nc2cc3[nH]cc(CCCl)c3cn2)cc1. The maximum atomic E-state index is 12.4. The molecule has 1 aromatic carbocycles. The van der Waals surface area contributed by atoms with Crippen molar-refractivity contribution in [3.63, 3.8) is 0 Å². The Bertz CT molecular complexity index is 919. The maximum Gasteiger partial charge on any atom is 0.256 e. The van der Waals surface area contributed by atoms with E-state index in [1.807, 2.05) is 6.20 Å². The van der Waals surface area contributed by atoms with Gasteiger partial charge in [0.15, 0.2) is 0 Å². The third-order valence-corrected chi connectivity index (χ3v) is 4.52. The number of aliphatic hydroxyl groups is 2. The standard InChI is InChI=1S/C19H20ClN3O3/c1-19(26,11-24)14-4-2-12(3-5-14)18(25)23-17-8-16-15(10-22-17)13(6-7-20)9-21-16/h2-5,8-10,21,24,26H,6-7,11H2,1H3,(H,22,23,25). The van der Waals surface area contributed by atoms with Gasteiger partial charge in [-0.25, -0.2) is 4.98 Å². The molecule has 0 aliphatic carbocycles. The number of pyridine rings is 1. The molecule has 0 radical (unpaired) electrons. The van der Waals surface area contributed by atoms with Crippen molar-refractivity contribution in [1.82, 2.24) is 9.97 Å². The molecule has 1 amide bonds. The number of alkyl halides is 1. The Balaban J connectivity index is 1.76. The summed E-state index contributed by atoms with van der Waals surface area (Å²) in [4.78, 5) is 19.8. The summed E-state index contributed by atoms with van der Waals surface area (Å²) < 4.78 is 0. The zero-order chi connectivity index (χ0) is 18.7. The van der Waals surface area contributed by atoms with E-state index in [0.717, 1.165) is 22.9 Å². The summed E-state index contributed by atoms with van der Waals surface area (Å²) in [7, 11) is 0. The van der Waals surface area contributed by atoms with Gasteiger partial charge in [0.25, 0.3) is 5.91 Å². The molecule has 0 bridgehead atoms. The van der Waals surface area contributed by atoms with Crippen molar-refractivity contribution in [2.24, 2.45) is 0 Å². The van der Waals surface area contributed by atoms with Crippen LogP contribution < -0.4 is 5.32 Å². The number of H-pyrrole nitrogens is 1. The molecule has 2 heterocycles. The number of rotatable bonds is 6. The third-order valence-electron chi connectivity index (χ3n) is 4.33. The fourth-order valence-corrected chi connectivity index (χ4v) is 2.91. The van der Waals surface area contributed by atoms with Crippen molar-refractivity contribution in [1.29, 1.82) is 0 Å². The molecule has 26 heavy (non-hydrogen) atoms. The summed E-state index contributed by atoms with van der Waals surface area (Å²) in [5.41, 5.74) is 1.60. The first-order chi connectivity index (χ1) is 12.4. The van der Waals surface area contributed by atoms with Crippen LogP contribution in [0.4, 0.5) is 5.82 Å². The highest BCUT2D eigenvalue weighted by Crippen LogP contribution is 2.22. The molecule has 3 aromatic rings. The van der Waals surface area contributed by atoms with Crippen LogP contribution in [0.15, 0.2) is 42.7 Å². The largest absolute Gasteiger partial charge is 0.393 e. The van der Waals surface area contributed by atoms with E-state index in [4.69, 9.17) is 11.6 Å².